The zero-order valence-electron chi connectivity index (χ0n) is 13.9. The molecule has 0 bridgehead atoms. The van der Waals surface area contributed by atoms with Gasteiger partial charge in [0.25, 0.3) is 0 Å². The van der Waals surface area contributed by atoms with Gasteiger partial charge in [-0.15, -0.1) is 0 Å². The largest absolute Gasteiger partial charge is 0.504 e. The third-order valence-electron chi connectivity index (χ3n) is 3.36. The molecule has 0 aliphatic carbocycles. The molecule has 0 aromatic heterocycles. The van der Waals surface area contributed by atoms with E-state index < -0.39 is 0 Å². The van der Waals surface area contributed by atoms with Gasteiger partial charge in [-0.25, -0.2) is 0 Å². The van der Waals surface area contributed by atoms with Crippen LogP contribution in [-0.2, 0) is 0 Å². The smallest absolute Gasteiger partial charge is 0.203 e. The molecule has 0 atom stereocenters. The average molecular weight is 349 g/mol. The van der Waals surface area contributed by atoms with Crippen molar-refractivity contribution in [3.63, 3.8) is 0 Å². The molecule has 0 heterocycles. The van der Waals surface area contributed by atoms with E-state index in [1.807, 2.05) is 0 Å². The van der Waals surface area contributed by atoms with Crippen LogP contribution in [0.25, 0.3) is 0 Å². The molecule has 0 amide bonds. The summed E-state index contributed by atoms with van der Waals surface area (Å²) >= 11 is 5.44. The van der Waals surface area contributed by atoms with E-state index in [9.17, 15) is 5.11 Å². The molecule has 6 nitrogen and oxygen atoms in total. The van der Waals surface area contributed by atoms with Crippen molar-refractivity contribution in [1.82, 2.24) is 0 Å². The summed E-state index contributed by atoms with van der Waals surface area (Å²) in [7, 11) is 6.11. The second-order valence-corrected chi connectivity index (χ2v) is 5.16. The van der Waals surface area contributed by atoms with Gasteiger partial charge in [-0.1, -0.05) is 12.2 Å². The normalized spacial score (nSPS) is 10.0. The first-order valence-corrected chi connectivity index (χ1v) is 7.43. The summed E-state index contributed by atoms with van der Waals surface area (Å²) in [6.45, 7) is 0. The molecule has 128 valence electrons. The summed E-state index contributed by atoms with van der Waals surface area (Å²) in [4.78, 5) is 0.460. The molecule has 0 spiro atoms. The number of phenolic OH excluding ortho intramolecular Hbond substituents is 1. The molecule has 0 radical (unpaired) electrons. The first-order valence-electron chi connectivity index (χ1n) is 7.02. The lowest BCUT2D eigenvalue weighted by molar-refractivity contribution is 0.324. The van der Waals surface area contributed by atoms with Crippen molar-refractivity contribution in [2.24, 2.45) is 0 Å². The van der Waals surface area contributed by atoms with Crippen molar-refractivity contribution in [1.29, 1.82) is 0 Å². The van der Waals surface area contributed by atoms with Gasteiger partial charge in [-0.2, -0.15) is 0 Å². The second kappa shape index (κ2) is 7.74. The predicted octanol–water partition coefficient (Wildman–Crippen LogP) is 3.21. The highest BCUT2D eigenvalue weighted by Gasteiger charge is 2.15. The Labute approximate surface area is 145 Å². The molecule has 0 unspecified atom stereocenters. The van der Waals surface area contributed by atoms with E-state index in [-0.39, 0.29) is 5.75 Å². The van der Waals surface area contributed by atoms with Crippen LogP contribution in [0.4, 0.5) is 5.69 Å². The van der Waals surface area contributed by atoms with Gasteiger partial charge < -0.3 is 29.4 Å². The van der Waals surface area contributed by atoms with E-state index in [4.69, 9.17) is 31.2 Å². The molecule has 2 aromatic carbocycles. The number of phenols is 1. The number of anilines is 1. The highest BCUT2D eigenvalue weighted by molar-refractivity contribution is 7.81. The van der Waals surface area contributed by atoms with E-state index in [1.165, 1.54) is 13.2 Å². The fourth-order valence-electron chi connectivity index (χ4n) is 2.17. The third-order valence-corrected chi connectivity index (χ3v) is 3.70. The number of rotatable bonds is 6. The Hall–Kier alpha value is -2.67. The highest BCUT2D eigenvalue weighted by Crippen LogP contribution is 2.38. The maximum absolute atomic E-state index is 9.65. The van der Waals surface area contributed by atoms with Crippen molar-refractivity contribution in [2.45, 2.75) is 0 Å². The minimum atomic E-state index is 0.0572. The van der Waals surface area contributed by atoms with Gasteiger partial charge in [0, 0.05) is 17.3 Å². The van der Waals surface area contributed by atoms with E-state index >= 15 is 0 Å². The summed E-state index contributed by atoms with van der Waals surface area (Å²) in [5.74, 6) is 1.94. The number of hydrogen-bond donors (Lipinski definition) is 2. The SMILES string of the molecule is COc1cc(NC(=S)c2cc(OC)c(OC)c(OC)c2)ccc1O. The Morgan fingerprint density at radius 1 is 0.875 bits per heavy atom. The molecule has 0 aliphatic heterocycles. The van der Waals surface area contributed by atoms with Gasteiger partial charge >= 0.3 is 0 Å². The Kier molecular flexibility index (Phi) is 5.70. The Morgan fingerprint density at radius 3 is 1.96 bits per heavy atom. The van der Waals surface area contributed by atoms with Crippen LogP contribution in [0.5, 0.6) is 28.7 Å². The number of nitrogens with one attached hydrogen (secondary N) is 1. The monoisotopic (exact) mass is 349 g/mol. The molecule has 0 saturated heterocycles. The van der Waals surface area contributed by atoms with Gasteiger partial charge in [-0.05, 0) is 24.3 Å². The third kappa shape index (κ3) is 3.62. The number of aromatic hydroxyl groups is 1. The topological polar surface area (TPSA) is 69.2 Å². The molecule has 0 saturated carbocycles. The average Bonchev–Trinajstić information content (AvgIpc) is 2.61. The van der Waals surface area contributed by atoms with Crippen LogP contribution in [-0.4, -0.2) is 38.5 Å². The molecule has 7 heteroatoms. The highest BCUT2D eigenvalue weighted by atomic mass is 32.1. The van der Waals surface area contributed by atoms with Crippen molar-refractivity contribution >= 4 is 22.9 Å². The number of hydrogen-bond acceptors (Lipinski definition) is 6. The molecule has 24 heavy (non-hydrogen) atoms. The molecular weight excluding hydrogens is 330 g/mol. The molecule has 2 rings (SSSR count). The maximum atomic E-state index is 9.65. The lowest BCUT2D eigenvalue weighted by Crippen LogP contribution is -2.11. The summed E-state index contributed by atoms with van der Waals surface area (Å²) < 4.78 is 21.0. The van der Waals surface area contributed by atoms with E-state index in [1.54, 1.807) is 45.6 Å². The van der Waals surface area contributed by atoms with Gasteiger partial charge in [-0.3, -0.25) is 0 Å². The quantitative estimate of drug-likeness (QED) is 0.613. The predicted molar refractivity (Wildman–Crippen MR) is 96.1 cm³/mol. The van der Waals surface area contributed by atoms with E-state index in [2.05, 4.69) is 5.32 Å². The fraction of sp³-hybridized carbons (Fsp3) is 0.235. The Morgan fingerprint density at radius 2 is 1.46 bits per heavy atom. The van der Waals surface area contributed by atoms with E-state index in [0.717, 1.165) is 0 Å². The molecule has 2 aromatic rings. The Balaban J connectivity index is 2.33. The van der Waals surface area contributed by atoms with Crippen LogP contribution >= 0.6 is 12.2 Å². The van der Waals surface area contributed by atoms with Crippen molar-refractivity contribution in [3.8, 4) is 28.7 Å². The maximum Gasteiger partial charge on any atom is 0.203 e. The molecular formula is C17H19NO5S. The fourth-order valence-corrected chi connectivity index (χ4v) is 2.41. The zero-order chi connectivity index (χ0) is 17.7. The first-order chi connectivity index (χ1) is 11.5. The molecule has 2 N–H and O–H groups in total. The summed E-state index contributed by atoms with van der Waals surface area (Å²) in [6.07, 6.45) is 0. The van der Waals surface area contributed by atoms with Crippen LogP contribution in [0.15, 0.2) is 30.3 Å². The minimum absolute atomic E-state index is 0.0572. The van der Waals surface area contributed by atoms with Crippen molar-refractivity contribution in [2.75, 3.05) is 33.8 Å². The van der Waals surface area contributed by atoms with Crippen LogP contribution in [0, 0.1) is 0 Å². The van der Waals surface area contributed by atoms with Crippen molar-refractivity contribution in [3.05, 3.63) is 35.9 Å². The summed E-state index contributed by atoms with van der Waals surface area (Å²) in [5, 5.41) is 12.7. The lowest BCUT2D eigenvalue weighted by atomic mass is 10.1. The van der Waals surface area contributed by atoms with Gasteiger partial charge in [0.1, 0.15) is 4.99 Å². The number of ether oxygens (including phenoxy) is 4. The van der Waals surface area contributed by atoms with Crippen LogP contribution in [0.3, 0.4) is 0 Å². The summed E-state index contributed by atoms with van der Waals surface area (Å²) in [6, 6.07) is 8.39. The zero-order valence-corrected chi connectivity index (χ0v) is 14.7. The van der Waals surface area contributed by atoms with Crippen LogP contribution < -0.4 is 24.3 Å². The Bertz CT molecular complexity index is 723. The first kappa shape index (κ1) is 17.7. The molecule has 0 aliphatic rings. The van der Waals surface area contributed by atoms with E-state index in [0.29, 0.717) is 39.2 Å². The second-order valence-electron chi connectivity index (χ2n) is 4.75. The van der Waals surface area contributed by atoms with Crippen LogP contribution in [0.1, 0.15) is 5.56 Å². The summed E-state index contributed by atoms with van der Waals surface area (Å²) in [5.41, 5.74) is 1.38. The van der Waals surface area contributed by atoms with Gasteiger partial charge in [0.05, 0.1) is 28.4 Å². The minimum Gasteiger partial charge on any atom is -0.504 e. The number of methoxy groups -OCH3 is 4. The van der Waals surface area contributed by atoms with Crippen LogP contribution in [0.2, 0.25) is 0 Å². The molecule has 0 fully saturated rings. The number of thiocarbonyl (C=S) groups is 1. The van der Waals surface area contributed by atoms with Gasteiger partial charge in [0.2, 0.25) is 5.75 Å². The standard InChI is InChI=1S/C17H19NO5S/c1-20-13-9-11(5-6-12(13)19)18-17(24)10-7-14(21-2)16(23-4)15(8-10)22-3/h5-9,19H,1-4H3,(H,18,24). The number of benzene rings is 2. The van der Waals surface area contributed by atoms with Crippen molar-refractivity contribution < 1.29 is 24.1 Å². The lowest BCUT2D eigenvalue weighted by Gasteiger charge is -2.15. The van der Waals surface area contributed by atoms with Gasteiger partial charge in [0.15, 0.2) is 23.0 Å².